The summed E-state index contributed by atoms with van der Waals surface area (Å²) in [5.41, 5.74) is 10.3. The van der Waals surface area contributed by atoms with E-state index in [9.17, 15) is 9.59 Å². The molecule has 2 saturated heterocycles. The molecule has 2 amide bonds. The Morgan fingerprint density at radius 1 is 1.20 bits per heavy atom. The number of piperidine rings is 1. The number of hydrogen-bond donors (Lipinski definition) is 3. The first-order valence-electron chi connectivity index (χ1n) is 12.2. The number of carbonyl (C=O) groups is 2. The summed E-state index contributed by atoms with van der Waals surface area (Å²) in [6, 6.07) is 7.28. The third kappa shape index (κ3) is 4.17. The molecule has 7 nitrogen and oxygen atoms in total. The van der Waals surface area contributed by atoms with E-state index in [1.54, 1.807) is 12.1 Å². The van der Waals surface area contributed by atoms with Gasteiger partial charge in [0.1, 0.15) is 0 Å². The van der Waals surface area contributed by atoms with E-state index in [1.165, 1.54) is 12.8 Å². The maximum Gasteiger partial charge on any atom is 0.253 e. The van der Waals surface area contributed by atoms with Crippen molar-refractivity contribution in [1.82, 2.24) is 20.2 Å². The summed E-state index contributed by atoms with van der Waals surface area (Å²) < 4.78 is 0. The van der Waals surface area contributed by atoms with Crippen LogP contribution in [0.4, 0.5) is 0 Å². The van der Waals surface area contributed by atoms with Crippen molar-refractivity contribution in [2.24, 2.45) is 5.73 Å². The highest BCUT2D eigenvalue weighted by Crippen LogP contribution is 2.33. The summed E-state index contributed by atoms with van der Waals surface area (Å²) in [6.07, 6.45) is 11.8. The van der Waals surface area contributed by atoms with Gasteiger partial charge in [-0.15, -0.1) is 0 Å². The minimum absolute atomic E-state index is 0.0328. The quantitative estimate of drug-likeness (QED) is 0.484. The van der Waals surface area contributed by atoms with E-state index < -0.39 is 5.91 Å². The maximum atomic E-state index is 13.3. The number of likely N-dealkylation sites (tertiary alicyclic amines) is 1. The van der Waals surface area contributed by atoms with Crippen LogP contribution < -0.4 is 11.1 Å². The molecule has 0 atom stereocenters. The second-order valence-corrected chi connectivity index (χ2v) is 9.48. The summed E-state index contributed by atoms with van der Waals surface area (Å²) >= 11 is 0. The number of primary amides is 1. The van der Waals surface area contributed by atoms with Crippen molar-refractivity contribution in [3.63, 3.8) is 0 Å². The van der Waals surface area contributed by atoms with Crippen LogP contribution in [0.25, 0.3) is 27.5 Å². The number of hydrogen-bond acceptors (Lipinski definition) is 4. The number of nitrogens with zero attached hydrogens (tertiary/aromatic N) is 2. The van der Waals surface area contributed by atoms with Gasteiger partial charge in [-0.25, -0.2) is 4.98 Å². The van der Waals surface area contributed by atoms with Crippen molar-refractivity contribution in [3.05, 3.63) is 72.0 Å². The molecule has 5 rings (SSSR count). The molecule has 4 N–H and O–H groups in total. The fourth-order valence-electron chi connectivity index (χ4n) is 5.40. The second kappa shape index (κ2) is 9.15. The van der Waals surface area contributed by atoms with Gasteiger partial charge < -0.3 is 20.9 Å². The SMILES string of the molecule is C=C/C(=C\C=C/C)c1cc(C(N)=O)c2[nH]c3cc(C(=O)N4CCC5(CCCN5)CC4)ccc3c2n1. The summed E-state index contributed by atoms with van der Waals surface area (Å²) in [4.78, 5) is 35.7. The fraction of sp³-hybridized carbons (Fsp3) is 0.321. The number of benzene rings is 1. The van der Waals surface area contributed by atoms with Gasteiger partial charge in [0.15, 0.2) is 0 Å². The molecule has 4 heterocycles. The Bertz CT molecular complexity index is 1380. The van der Waals surface area contributed by atoms with Crippen LogP contribution in [0.2, 0.25) is 0 Å². The van der Waals surface area contributed by atoms with Crippen LogP contribution in [0, 0.1) is 0 Å². The molecule has 7 heteroatoms. The van der Waals surface area contributed by atoms with Crippen molar-refractivity contribution in [2.75, 3.05) is 19.6 Å². The highest BCUT2D eigenvalue weighted by molar-refractivity contribution is 6.14. The van der Waals surface area contributed by atoms with Crippen LogP contribution in [0.15, 0.2) is 55.1 Å². The molecule has 0 unspecified atom stereocenters. The molecule has 2 fully saturated rings. The topological polar surface area (TPSA) is 104 Å². The molecular formula is C28H31N5O2. The number of nitrogens with one attached hydrogen (secondary N) is 2. The second-order valence-electron chi connectivity index (χ2n) is 9.48. The van der Waals surface area contributed by atoms with Crippen molar-refractivity contribution in [2.45, 2.75) is 38.1 Å². The zero-order chi connectivity index (χ0) is 24.6. The van der Waals surface area contributed by atoms with E-state index in [2.05, 4.69) is 16.9 Å². The van der Waals surface area contributed by atoms with Crippen LogP contribution >= 0.6 is 0 Å². The van der Waals surface area contributed by atoms with E-state index in [-0.39, 0.29) is 11.4 Å². The summed E-state index contributed by atoms with van der Waals surface area (Å²) in [5, 5.41) is 4.49. The van der Waals surface area contributed by atoms with Crippen LogP contribution in [0.1, 0.15) is 59.0 Å². The number of aromatic nitrogens is 2. The lowest BCUT2D eigenvalue weighted by Crippen LogP contribution is -2.51. The van der Waals surface area contributed by atoms with Gasteiger partial charge in [0.2, 0.25) is 0 Å². The first-order valence-corrected chi connectivity index (χ1v) is 12.2. The summed E-state index contributed by atoms with van der Waals surface area (Å²) in [7, 11) is 0. The van der Waals surface area contributed by atoms with E-state index in [0.717, 1.165) is 49.0 Å². The number of aromatic amines is 1. The predicted molar refractivity (Wildman–Crippen MR) is 140 cm³/mol. The van der Waals surface area contributed by atoms with E-state index in [4.69, 9.17) is 10.7 Å². The van der Waals surface area contributed by atoms with Crippen molar-refractivity contribution >= 4 is 39.3 Å². The van der Waals surface area contributed by atoms with Gasteiger partial charge in [0.05, 0.1) is 22.3 Å². The molecule has 2 aliphatic rings. The smallest absolute Gasteiger partial charge is 0.253 e. The lowest BCUT2D eigenvalue weighted by Gasteiger charge is -2.39. The molecular weight excluding hydrogens is 438 g/mol. The minimum atomic E-state index is -0.543. The normalized spacial score (nSPS) is 18.2. The minimum Gasteiger partial charge on any atom is -0.366 e. The van der Waals surface area contributed by atoms with Gasteiger partial charge in [-0.05, 0) is 69.0 Å². The molecule has 1 spiro atoms. The van der Waals surface area contributed by atoms with Crippen molar-refractivity contribution < 1.29 is 9.59 Å². The molecule has 0 saturated carbocycles. The average Bonchev–Trinajstić information content (AvgIpc) is 3.48. The highest BCUT2D eigenvalue weighted by atomic mass is 16.2. The largest absolute Gasteiger partial charge is 0.366 e. The molecule has 180 valence electrons. The standard InChI is InChI=1S/C28H31N5O2/c1-3-5-7-18(4-2)22-17-21(26(29)34)25-24(31-22)20-9-8-19(16-23(20)32-25)27(35)33-14-11-28(12-15-33)10-6-13-30-28/h3-5,7-9,16-17,30,32H,2,6,10-15H2,1H3,(H2,29,34)/b5-3-,18-7+. The number of allylic oxidation sites excluding steroid dienone is 5. The Kier molecular flexibility index (Phi) is 6.03. The van der Waals surface area contributed by atoms with Crippen LogP contribution in [-0.2, 0) is 0 Å². The summed E-state index contributed by atoms with van der Waals surface area (Å²) in [5.74, 6) is -0.510. The molecule has 0 radical (unpaired) electrons. The molecule has 2 aromatic heterocycles. The van der Waals surface area contributed by atoms with E-state index in [0.29, 0.717) is 27.9 Å². The first kappa shape index (κ1) is 23.1. The fourth-order valence-corrected chi connectivity index (χ4v) is 5.40. The number of carbonyl (C=O) groups excluding carboxylic acids is 2. The first-order chi connectivity index (χ1) is 16.9. The van der Waals surface area contributed by atoms with Gasteiger partial charge in [0.25, 0.3) is 11.8 Å². The molecule has 1 aromatic carbocycles. The monoisotopic (exact) mass is 469 g/mol. The number of fused-ring (bicyclic) bond motifs is 3. The number of nitrogens with two attached hydrogens (primary N) is 1. The zero-order valence-electron chi connectivity index (χ0n) is 20.1. The van der Waals surface area contributed by atoms with Crippen molar-refractivity contribution in [3.8, 4) is 0 Å². The third-order valence-corrected chi connectivity index (χ3v) is 7.39. The highest BCUT2D eigenvalue weighted by Gasteiger charge is 2.37. The van der Waals surface area contributed by atoms with Crippen molar-refractivity contribution in [1.29, 1.82) is 0 Å². The van der Waals surface area contributed by atoms with Gasteiger partial charge in [-0.1, -0.05) is 30.9 Å². The molecule has 0 aliphatic carbocycles. The Morgan fingerprint density at radius 2 is 2.00 bits per heavy atom. The molecule has 3 aromatic rings. The lowest BCUT2D eigenvalue weighted by molar-refractivity contribution is 0.0657. The average molecular weight is 470 g/mol. The molecule has 35 heavy (non-hydrogen) atoms. The Hall–Kier alpha value is -3.71. The Morgan fingerprint density at radius 3 is 2.66 bits per heavy atom. The number of rotatable bonds is 5. The van der Waals surface area contributed by atoms with Crippen LogP contribution in [0.5, 0.6) is 0 Å². The predicted octanol–water partition coefficient (Wildman–Crippen LogP) is 4.32. The molecule has 0 bridgehead atoms. The van der Waals surface area contributed by atoms with Gasteiger partial charge in [0, 0.05) is 35.1 Å². The molecule has 2 aliphatic heterocycles. The zero-order valence-corrected chi connectivity index (χ0v) is 20.1. The lowest BCUT2D eigenvalue weighted by atomic mass is 9.86. The summed E-state index contributed by atoms with van der Waals surface area (Å²) in [6.45, 7) is 8.40. The van der Waals surface area contributed by atoms with Gasteiger partial charge in [-0.3, -0.25) is 9.59 Å². The van der Waals surface area contributed by atoms with Gasteiger partial charge >= 0.3 is 0 Å². The van der Waals surface area contributed by atoms with Crippen LogP contribution in [0.3, 0.4) is 0 Å². The van der Waals surface area contributed by atoms with Gasteiger partial charge in [-0.2, -0.15) is 0 Å². The third-order valence-electron chi connectivity index (χ3n) is 7.39. The van der Waals surface area contributed by atoms with E-state index >= 15 is 0 Å². The Balaban J connectivity index is 1.51. The van der Waals surface area contributed by atoms with E-state index in [1.807, 2.05) is 48.3 Å². The Labute approximate surface area is 204 Å². The maximum absolute atomic E-state index is 13.3. The number of H-pyrrole nitrogens is 1. The number of amides is 2. The number of pyridine rings is 1. The van der Waals surface area contributed by atoms with Crippen LogP contribution in [-0.4, -0.2) is 51.9 Å².